The standard InChI is InChI=1S/C20H25N3O3.ClH/c1-15-7-9-16(10-8-15)13-22-20(25)17-5-3-4-6-18(17)23-19(24)14-21-11-12-26-2;/h3-10,21H,11-14H2,1-2H3,(H,22,25)(H,23,24);1H. The highest BCUT2D eigenvalue weighted by Gasteiger charge is 2.12. The summed E-state index contributed by atoms with van der Waals surface area (Å²) in [6, 6.07) is 14.9. The van der Waals surface area contributed by atoms with Crippen LogP contribution in [0.15, 0.2) is 48.5 Å². The van der Waals surface area contributed by atoms with Gasteiger partial charge in [0.05, 0.1) is 24.4 Å². The second kappa shape index (κ2) is 12.1. The van der Waals surface area contributed by atoms with Gasteiger partial charge in [-0.3, -0.25) is 9.59 Å². The van der Waals surface area contributed by atoms with Crippen LogP contribution in [-0.2, 0) is 16.1 Å². The number of nitrogens with one attached hydrogen (secondary N) is 3. The van der Waals surface area contributed by atoms with Crippen LogP contribution in [0.25, 0.3) is 0 Å². The number of methoxy groups -OCH3 is 1. The number of halogens is 1. The number of hydrogen-bond donors (Lipinski definition) is 3. The van der Waals surface area contributed by atoms with Gasteiger partial charge in [-0.05, 0) is 24.6 Å². The van der Waals surface area contributed by atoms with E-state index >= 15 is 0 Å². The molecule has 0 aliphatic carbocycles. The first kappa shape index (κ1) is 22.6. The molecule has 2 aromatic carbocycles. The van der Waals surface area contributed by atoms with E-state index in [0.717, 1.165) is 5.56 Å². The van der Waals surface area contributed by atoms with Gasteiger partial charge in [0, 0.05) is 20.2 Å². The number of para-hydroxylation sites is 1. The Kier molecular flexibility index (Phi) is 10.1. The highest BCUT2D eigenvalue weighted by atomic mass is 35.5. The molecule has 0 atom stereocenters. The zero-order valence-corrected chi connectivity index (χ0v) is 16.4. The molecule has 0 saturated carbocycles. The molecule has 0 heterocycles. The fourth-order valence-corrected chi connectivity index (χ4v) is 2.34. The molecule has 0 unspecified atom stereocenters. The van der Waals surface area contributed by atoms with Gasteiger partial charge >= 0.3 is 0 Å². The summed E-state index contributed by atoms with van der Waals surface area (Å²) in [6.45, 7) is 3.72. The molecule has 2 amide bonds. The van der Waals surface area contributed by atoms with Crippen molar-refractivity contribution in [2.24, 2.45) is 0 Å². The zero-order valence-electron chi connectivity index (χ0n) is 15.6. The lowest BCUT2D eigenvalue weighted by molar-refractivity contribution is -0.115. The predicted molar refractivity (Wildman–Crippen MR) is 109 cm³/mol. The van der Waals surface area contributed by atoms with Crippen LogP contribution >= 0.6 is 12.4 Å². The molecule has 0 radical (unpaired) electrons. The summed E-state index contributed by atoms with van der Waals surface area (Å²) in [6.07, 6.45) is 0. The van der Waals surface area contributed by atoms with Crippen molar-refractivity contribution >= 4 is 29.9 Å². The Labute approximate surface area is 166 Å². The molecule has 0 aromatic heterocycles. The minimum absolute atomic E-state index is 0. The van der Waals surface area contributed by atoms with E-state index < -0.39 is 0 Å². The van der Waals surface area contributed by atoms with Crippen LogP contribution in [0.1, 0.15) is 21.5 Å². The van der Waals surface area contributed by atoms with Crippen molar-refractivity contribution in [1.29, 1.82) is 0 Å². The maximum absolute atomic E-state index is 12.5. The number of aryl methyl sites for hydroxylation is 1. The van der Waals surface area contributed by atoms with Crippen molar-refractivity contribution in [3.8, 4) is 0 Å². The van der Waals surface area contributed by atoms with E-state index in [-0.39, 0.29) is 30.8 Å². The SMILES string of the molecule is COCCNCC(=O)Nc1ccccc1C(=O)NCc1ccc(C)cc1.Cl. The Morgan fingerprint density at radius 3 is 2.44 bits per heavy atom. The van der Waals surface area contributed by atoms with Gasteiger partial charge in [-0.2, -0.15) is 0 Å². The van der Waals surface area contributed by atoms with E-state index in [1.165, 1.54) is 5.56 Å². The summed E-state index contributed by atoms with van der Waals surface area (Å²) >= 11 is 0. The largest absolute Gasteiger partial charge is 0.383 e. The number of ether oxygens (including phenoxy) is 1. The summed E-state index contributed by atoms with van der Waals surface area (Å²) in [4.78, 5) is 24.5. The van der Waals surface area contributed by atoms with Crippen LogP contribution in [0.2, 0.25) is 0 Å². The number of anilines is 1. The van der Waals surface area contributed by atoms with Gasteiger partial charge in [0.1, 0.15) is 0 Å². The maximum Gasteiger partial charge on any atom is 0.253 e. The smallest absolute Gasteiger partial charge is 0.253 e. The Morgan fingerprint density at radius 1 is 1.04 bits per heavy atom. The monoisotopic (exact) mass is 391 g/mol. The van der Waals surface area contributed by atoms with Crippen LogP contribution in [0.3, 0.4) is 0 Å². The van der Waals surface area contributed by atoms with Crippen LogP contribution in [0, 0.1) is 6.92 Å². The topological polar surface area (TPSA) is 79.5 Å². The molecule has 2 aromatic rings. The molecule has 0 bridgehead atoms. The minimum atomic E-state index is -0.228. The Balaban J connectivity index is 0.00000364. The zero-order chi connectivity index (χ0) is 18.8. The van der Waals surface area contributed by atoms with Gasteiger partial charge in [-0.25, -0.2) is 0 Å². The normalized spacial score (nSPS) is 10.0. The van der Waals surface area contributed by atoms with Gasteiger partial charge in [-0.1, -0.05) is 42.0 Å². The number of rotatable bonds is 9. The number of benzene rings is 2. The molecular formula is C20H26ClN3O3. The van der Waals surface area contributed by atoms with Gasteiger partial charge in [0.2, 0.25) is 5.91 Å². The molecule has 0 fully saturated rings. The van der Waals surface area contributed by atoms with Crippen molar-refractivity contribution in [3.05, 3.63) is 65.2 Å². The molecule has 0 aliphatic rings. The number of hydrogen-bond acceptors (Lipinski definition) is 4. The number of amides is 2. The lowest BCUT2D eigenvalue weighted by Gasteiger charge is -2.12. The first-order chi connectivity index (χ1) is 12.6. The molecule has 7 heteroatoms. The van der Waals surface area contributed by atoms with Gasteiger partial charge < -0.3 is 20.7 Å². The predicted octanol–water partition coefficient (Wildman–Crippen LogP) is 2.52. The summed E-state index contributed by atoms with van der Waals surface area (Å²) in [7, 11) is 1.60. The molecular weight excluding hydrogens is 366 g/mol. The third-order valence-electron chi connectivity index (χ3n) is 3.79. The molecule has 3 N–H and O–H groups in total. The Morgan fingerprint density at radius 2 is 1.74 bits per heavy atom. The summed E-state index contributed by atoms with van der Waals surface area (Å²) < 4.78 is 4.92. The molecule has 0 saturated heterocycles. The van der Waals surface area contributed by atoms with Gasteiger partial charge in [0.25, 0.3) is 5.91 Å². The molecule has 6 nitrogen and oxygen atoms in total. The third-order valence-corrected chi connectivity index (χ3v) is 3.79. The van der Waals surface area contributed by atoms with E-state index in [0.29, 0.717) is 30.9 Å². The van der Waals surface area contributed by atoms with E-state index in [1.54, 1.807) is 31.4 Å². The van der Waals surface area contributed by atoms with E-state index in [1.807, 2.05) is 31.2 Å². The minimum Gasteiger partial charge on any atom is -0.383 e. The molecule has 0 spiro atoms. The van der Waals surface area contributed by atoms with Crippen molar-refractivity contribution in [2.45, 2.75) is 13.5 Å². The molecule has 2 rings (SSSR count). The van der Waals surface area contributed by atoms with E-state index in [2.05, 4.69) is 16.0 Å². The fourth-order valence-electron chi connectivity index (χ4n) is 2.34. The summed E-state index contributed by atoms with van der Waals surface area (Å²) in [5, 5.41) is 8.63. The average molecular weight is 392 g/mol. The first-order valence-corrected chi connectivity index (χ1v) is 8.52. The van der Waals surface area contributed by atoms with E-state index in [9.17, 15) is 9.59 Å². The van der Waals surface area contributed by atoms with Gasteiger partial charge in [0.15, 0.2) is 0 Å². The van der Waals surface area contributed by atoms with Crippen LogP contribution < -0.4 is 16.0 Å². The maximum atomic E-state index is 12.5. The summed E-state index contributed by atoms with van der Waals surface area (Å²) in [5.74, 6) is -0.436. The first-order valence-electron chi connectivity index (χ1n) is 8.52. The Hall–Kier alpha value is -2.41. The lowest BCUT2D eigenvalue weighted by atomic mass is 10.1. The highest BCUT2D eigenvalue weighted by Crippen LogP contribution is 2.15. The van der Waals surface area contributed by atoms with Gasteiger partial charge in [-0.15, -0.1) is 12.4 Å². The lowest BCUT2D eigenvalue weighted by Crippen LogP contribution is -2.31. The second-order valence-corrected chi connectivity index (χ2v) is 5.93. The quantitative estimate of drug-likeness (QED) is 0.574. The van der Waals surface area contributed by atoms with Crippen LogP contribution in [-0.4, -0.2) is 38.6 Å². The molecule has 146 valence electrons. The fraction of sp³-hybridized carbons (Fsp3) is 0.300. The van der Waals surface area contributed by atoms with Crippen molar-refractivity contribution in [1.82, 2.24) is 10.6 Å². The second-order valence-electron chi connectivity index (χ2n) is 5.93. The Bertz CT molecular complexity index is 736. The number of carbonyl (C=O) groups excluding carboxylic acids is 2. The molecule has 27 heavy (non-hydrogen) atoms. The van der Waals surface area contributed by atoms with Crippen molar-refractivity contribution in [3.63, 3.8) is 0 Å². The average Bonchev–Trinajstić information content (AvgIpc) is 2.65. The van der Waals surface area contributed by atoms with Crippen LogP contribution in [0.4, 0.5) is 5.69 Å². The number of carbonyl (C=O) groups is 2. The molecule has 0 aliphatic heterocycles. The summed E-state index contributed by atoms with van der Waals surface area (Å²) in [5.41, 5.74) is 3.12. The third kappa shape index (κ3) is 7.78. The van der Waals surface area contributed by atoms with E-state index in [4.69, 9.17) is 4.74 Å². The van der Waals surface area contributed by atoms with Crippen molar-refractivity contribution < 1.29 is 14.3 Å². The van der Waals surface area contributed by atoms with Crippen molar-refractivity contribution in [2.75, 3.05) is 32.1 Å². The highest BCUT2D eigenvalue weighted by molar-refractivity contribution is 6.04. The van der Waals surface area contributed by atoms with Crippen LogP contribution in [0.5, 0.6) is 0 Å².